The van der Waals surface area contributed by atoms with Gasteiger partial charge < -0.3 is 5.32 Å². The van der Waals surface area contributed by atoms with Gasteiger partial charge in [-0.2, -0.15) is 0 Å². The summed E-state index contributed by atoms with van der Waals surface area (Å²) >= 11 is 0. The summed E-state index contributed by atoms with van der Waals surface area (Å²) in [6.45, 7) is 16.4. The van der Waals surface area contributed by atoms with Crippen molar-refractivity contribution in [3.05, 3.63) is 35.4 Å². The van der Waals surface area contributed by atoms with Crippen molar-refractivity contribution in [1.82, 2.24) is 5.32 Å². The van der Waals surface area contributed by atoms with E-state index in [1.165, 1.54) is 30.4 Å². The molecule has 0 spiro atoms. The Hall–Kier alpha value is -0.820. The molecule has 0 aliphatic heterocycles. The average molecular weight is 287 g/mol. The Bertz CT molecular complexity index is 491. The molecule has 0 fully saturated rings. The summed E-state index contributed by atoms with van der Waals surface area (Å²) in [7, 11) is 0. The zero-order chi connectivity index (χ0) is 15.9. The van der Waals surface area contributed by atoms with Gasteiger partial charge in [0.2, 0.25) is 0 Å². The van der Waals surface area contributed by atoms with Gasteiger partial charge in [-0.1, -0.05) is 58.9 Å². The standard InChI is InChI=1S/C20H33N/c1-18(2,3)14-20(6,7)21-17-12-13-19(4,5)16-11-9-8-10-15(16)17/h8-11,17,21H,12-14H2,1-7H3. The Labute approximate surface area is 131 Å². The molecule has 1 aromatic rings. The van der Waals surface area contributed by atoms with Crippen molar-refractivity contribution in [2.75, 3.05) is 0 Å². The van der Waals surface area contributed by atoms with Gasteiger partial charge >= 0.3 is 0 Å². The summed E-state index contributed by atoms with van der Waals surface area (Å²) in [5.41, 5.74) is 3.86. The van der Waals surface area contributed by atoms with Crippen LogP contribution in [0.4, 0.5) is 0 Å². The van der Waals surface area contributed by atoms with Crippen LogP contribution in [0.2, 0.25) is 0 Å². The first-order valence-electron chi connectivity index (χ1n) is 8.37. The molecular weight excluding hydrogens is 254 g/mol. The van der Waals surface area contributed by atoms with Crippen molar-refractivity contribution in [2.24, 2.45) is 5.41 Å². The molecule has 0 aromatic heterocycles. The van der Waals surface area contributed by atoms with Crippen LogP contribution < -0.4 is 5.32 Å². The van der Waals surface area contributed by atoms with Gasteiger partial charge in [-0.25, -0.2) is 0 Å². The smallest absolute Gasteiger partial charge is 0.0328 e. The van der Waals surface area contributed by atoms with Gasteiger partial charge in [0.05, 0.1) is 0 Å². The highest BCUT2D eigenvalue weighted by atomic mass is 15.0. The predicted molar refractivity (Wildman–Crippen MR) is 92.7 cm³/mol. The van der Waals surface area contributed by atoms with Crippen LogP contribution in [0.15, 0.2) is 24.3 Å². The molecule has 0 radical (unpaired) electrons. The van der Waals surface area contributed by atoms with E-state index < -0.39 is 0 Å². The fourth-order valence-electron chi connectivity index (χ4n) is 4.21. The third kappa shape index (κ3) is 4.10. The van der Waals surface area contributed by atoms with Crippen LogP contribution in [-0.2, 0) is 5.41 Å². The van der Waals surface area contributed by atoms with Crippen molar-refractivity contribution < 1.29 is 0 Å². The third-order valence-electron chi connectivity index (χ3n) is 4.66. The first kappa shape index (κ1) is 16.5. The van der Waals surface area contributed by atoms with Gasteiger partial charge in [-0.05, 0) is 55.1 Å². The SMILES string of the molecule is CC(C)(C)CC(C)(C)NC1CCC(C)(C)c2ccccc21. The lowest BCUT2D eigenvalue weighted by Crippen LogP contribution is -2.46. The summed E-state index contributed by atoms with van der Waals surface area (Å²) in [6.07, 6.45) is 3.67. The zero-order valence-corrected chi connectivity index (χ0v) is 15.0. The Balaban J connectivity index is 2.23. The van der Waals surface area contributed by atoms with E-state index in [1.54, 1.807) is 0 Å². The molecule has 1 nitrogen and oxygen atoms in total. The van der Waals surface area contributed by atoms with E-state index in [2.05, 4.69) is 78.0 Å². The Morgan fingerprint density at radius 1 is 1.10 bits per heavy atom. The lowest BCUT2D eigenvalue weighted by molar-refractivity contribution is 0.208. The molecule has 1 atom stereocenters. The third-order valence-corrected chi connectivity index (χ3v) is 4.66. The molecule has 0 saturated heterocycles. The molecule has 1 aliphatic rings. The molecule has 2 rings (SSSR count). The number of benzene rings is 1. The largest absolute Gasteiger partial charge is 0.305 e. The highest BCUT2D eigenvalue weighted by molar-refractivity contribution is 5.38. The topological polar surface area (TPSA) is 12.0 Å². The van der Waals surface area contributed by atoms with Gasteiger partial charge in [0.25, 0.3) is 0 Å². The van der Waals surface area contributed by atoms with Crippen molar-refractivity contribution in [1.29, 1.82) is 0 Å². The number of fused-ring (bicyclic) bond motifs is 1. The van der Waals surface area contributed by atoms with Crippen LogP contribution in [0, 0.1) is 5.41 Å². The molecular formula is C20H33N. The van der Waals surface area contributed by atoms with Gasteiger partial charge in [0.15, 0.2) is 0 Å². The van der Waals surface area contributed by atoms with E-state index >= 15 is 0 Å². The van der Waals surface area contributed by atoms with Gasteiger partial charge in [-0.3, -0.25) is 0 Å². The molecule has 1 heteroatoms. The van der Waals surface area contributed by atoms with Crippen molar-refractivity contribution in [3.63, 3.8) is 0 Å². The molecule has 1 aliphatic carbocycles. The van der Waals surface area contributed by atoms with Crippen molar-refractivity contribution in [3.8, 4) is 0 Å². The monoisotopic (exact) mass is 287 g/mol. The second-order valence-corrected chi connectivity index (χ2v) is 9.33. The number of nitrogens with one attached hydrogen (secondary N) is 1. The number of rotatable bonds is 3. The minimum absolute atomic E-state index is 0.164. The van der Waals surface area contributed by atoms with Gasteiger partial charge in [0, 0.05) is 11.6 Å². The summed E-state index contributed by atoms with van der Waals surface area (Å²) in [5, 5.41) is 3.95. The summed E-state index contributed by atoms with van der Waals surface area (Å²) in [4.78, 5) is 0. The van der Waals surface area contributed by atoms with E-state index in [0.717, 1.165) is 0 Å². The molecule has 0 heterocycles. The molecule has 21 heavy (non-hydrogen) atoms. The van der Waals surface area contributed by atoms with E-state index in [-0.39, 0.29) is 5.54 Å². The van der Waals surface area contributed by atoms with E-state index in [0.29, 0.717) is 16.9 Å². The Morgan fingerprint density at radius 2 is 1.71 bits per heavy atom. The lowest BCUT2D eigenvalue weighted by Gasteiger charge is -2.42. The summed E-state index contributed by atoms with van der Waals surface area (Å²) in [6, 6.07) is 9.50. The zero-order valence-electron chi connectivity index (χ0n) is 15.0. The second-order valence-electron chi connectivity index (χ2n) is 9.33. The highest BCUT2D eigenvalue weighted by Gasteiger charge is 2.35. The van der Waals surface area contributed by atoms with Crippen molar-refractivity contribution >= 4 is 0 Å². The van der Waals surface area contributed by atoms with E-state index in [1.807, 2.05) is 0 Å². The fraction of sp³-hybridized carbons (Fsp3) is 0.700. The molecule has 0 amide bonds. The first-order valence-corrected chi connectivity index (χ1v) is 8.37. The molecule has 118 valence electrons. The lowest BCUT2D eigenvalue weighted by atomic mass is 9.70. The summed E-state index contributed by atoms with van der Waals surface area (Å²) < 4.78 is 0. The van der Waals surface area contributed by atoms with Gasteiger partial charge in [0.1, 0.15) is 0 Å². The number of hydrogen-bond donors (Lipinski definition) is 1. The molecule has 1 aromatic carbocycles. The molecule has 0 saturated carbocycles. The minimum atomic E-state index is 0.164. The molecule has 0 bridgehead atoms. The van der Waals surface area contributed by atoms with E-state index in [4.69, 9.17) is 0 Å². The second kappa shape index (κ2) is 5.43. The van der Waals surface area contributed by atoms with Crippen LogP contribution in [0.5, 0.6) is 0 Å². The van der Waals surface area contributed by atoms with Crippen LogP contribution in [0.3, 0.4) is 0 Å². The van der Waals surface area contributed by atoms with Crippen LogP contribution in [-0.4, -0.2) is 5.54 Å². The number of hydrogen-bond acceptors (Lipinski definition) is 1. The molecule has 1 unspecified atom stereocenters. The maximum Gasteiger partial charge on any atom is 0.0328 e. The maximum atomic E-state index is 3.95. The quantitative estimate of drug-likeness (QED) is 0.762. The predicted octanol–water partition coefficient (Wildman–Crippen LogP) is 5.60. The maximum absolute atomic E-state index is 3.95. The average Bonchev–Trinajstić information content (AvgIpc) is 2.30. The first-order chi connectivity index (χ1) is 9.50. The normalized spacial score (nSPS) is 22.0. The Kier molecular flexibility index (Phi) is 4.28. The van der Waals surface area contributed by atoms with Crippen LogP contribution in [0.25, 0.3) is 0 Å². The highest BCUT2D eigenvalue weighted by Crippen LogP contribution is 2.42. The fourth-order valence-corrected chi connectivity index (χ4v) is 4.21. The van der Waals surface area contributed by atoms with E-state index in [9.17, 15) is 0 Å². The van der Waals surface area contributed by atoms with Crippen molar-refractivity contribution in [2.45, 2.75) is 84.7 Å². The minimum Gasteiger partial charge on any atom is -0.305 e. The van der Waals surface area contributed by atoms with Crippen LogP contribution in [0.1, 0.15) is 84.9 Å². The molecule has 1 N–H and O–H groups in total. The van der Waals surface area contributed by atoms with Crippen LogP contribution >= 0.6 is 0 Å². The summed E-state index contributed by atoms with van der Waals surface area (Å²) in [5.74, 6) is 0. The Morgan fingerprint density at radius 3 is 2.33 bits per heavy atom. The van der Waals surface area contributed by atoms with Gasteiger partial charge in [-0.15, -0.1) is 0 Å².